The number of hydrogen-bond donors (Lipinski definition) is 1. The molecule has 2 aliphatic heterocycles. The second-order valence-corrected chi connectivity index (χ2v) is 9.88. The van der Waals surface area contributed by atoms with E-state index in [9.17, 15) is 9.59 Å². The predicted octanol–water partition coefficient (Wildman–Crippen LogP) is 2.91. The summed E-state index contributed by atoms with van der Waals surface area (Å²) in [6.07, 6.45) is 8.65. The van der Waals surface area contributed by atoms with Crippen molar-refractivity contribution in [2.45, 2.75) is 57.9 Å². The number of carbonyl (C=O) groups is 2. The van der Waals surface area contributed by atoms with Crippen molar-refractivity contribution in [3.8, 4) is 0 Å². The highest BCUT2D eigenvalue weighted by Crippen LogP contribution is 2.31. The fourth-order valence-electron chi connectivity index (χ4n) is 5.74. The minimum Gasteiger partial charge on any atom is -0.353 e. The minimum atomic E-state index is -0.0462. The summed E-state index contributed by atoms with van der Waals surface area (Å²) in [5.41, 5.74) is 1.87. The van der Waals surface area contributed by atoms with Crippen molar-refractivity contribution in [1.29, 1.82) is 0 Å². The zero-order valence-corrected chi connectivity index (χ0v) is 19.7. The van der Waals surface area contributed by atoms with Gasteiger partial charge in [-0.2, -0.15) is 0 Å². The molecule has 1 saturated carbocycles. The molecule has 4 rings (SSSR count). The molecule has 3 aliphatic rings. The van der Waals surface area contributed by atoms with E-state index in [1.807, 2.05) is 36.1 Å². The van der Waals surface area contributed by atoms with Crippen LogP contribution in [0.5, 0.6) is 0 Å². The molecule has 6 heteroatoms. The maximum absolute atomic E-state index is 13.3. The van der Waals surface area contributed by atoms with E-state index in [4.69, 9.17) is 0 Å². The van der Waals surface area contributed by atoms with Crippen LogP contribution in [0, 0.1) is 12.8 Å². The first-order chi connectivity index (χ1) is 15.6. The molecule has 176 valence electrons. The molecule has 1 aromatic carbocycles. The zero-order chi connectivity index (χ0) is 22.3. The van der Waals surface area contributed by atoms with E-state index in [1.54, 1.807) is 0 Å². The number of piperazine rings is 1. The summed E-state index contributed by atoms with van der Waals surface area (Å²) in [7, 11) is 0. The van der Waals surface area contributed by atoms with E-state index in [2.05, 4.69) is 15.1 Å². The monoisotopic (exact) mass is 440 g/mol. The van der Waals surface area contributed by atoms with Crippen molar-refractivity contribution >= 4 is 11.8 Å². The van der Waals surface area contributed by atoms with Crippen LogP contribution in [0.3, 0.4) is 0 Å². The Bertz CT molecular complexity index is 763. The van der Waals surface area contributed by atoms with E-state index in [1.165, 1.54) is 45.2 Å². The Kier molecular flexibility index (Phi) is 8.20. The molecule has 1 atom stereocenters. The van der Waals surface area contributed by atoms with Crippen LogP contribution in [0.4, 0.5) is 0 Å². The SMILES string of the molecule is Cc1cccc(C(=O)N2CCN([C@@H](C(=O)NCCN3CCCCC3)C3CCCC3)CC2)c1. The van der Waals surface area contributed by atoms with Crippen LogP contribution in [0.1, 0.15) is 60.9 Å². The number of rotatable bonds is 7. The van der Waals surface area contributed by atoms with Gasteiger partial charge >= 0.3 is 0 Å². The summed E-state index contributed by atoms with van der Waals surface area (Å²) < 4.78 is 0. The number of likely N-dealkylation sites (tertiary alicyclic amines) is 1. The molecule has 1 N–H and O–H groups in total. The Morgan fingerprint density at radius 1 is 0.969 bits per heavy atom. The van der Waals surface area contributed by atoms with Crippen molar-refractivity contribution in [1.82, 2.24) is 20.0 Å². The van der Waals surface area contributed by atoms with Crippen molar-refractivity contribution in [3.05, 3.63) is 35.4 Å². The van der Waals surface area contributed by atoms with Gasteiger partial charge in [-0.3, -0.25) is 14.5 Å². The lowest BCUT2D eigenvalue weighted by atomic mass is 9.95. The van der Waals surface area contributed by atoms with Crippen LogP contribution in [0.15, 0.2) is 24.3 Å². The molecule has 0 bridgehead atoms. The summed E-state index contributed by atoms with van der Waals surface area (Å²) in [5, 5.41) is 3.27. The molecule has 32 heavy (non-hydrogen) atoms. The third-order valence-corrected chi connectivity index (χ3v) is 7.55. The summed E-state index contributed by atoms with van der Waals surface area (Å²) in [4.78, 5) is 33.0. The van der Waals surface area contributed by atoms with Gasteiger partial charge in [-0.15, -0.1) is 0 Å². The molecule has 0 radical (unpaired) electrons. The van der Waals surface area contributed by atoms with E-state index in [0.29, 0.717) is 19.0 Å². The number of hydrogen-bond acceptors (Lipinski definition) is 4. The molecule has 0 spiro atoms. The number of aryl methyl sites for hydroxylation is 1. The lowest BCUT2D eigenvalue weighted by Crippen LogP contribution is -2.58. The van der Waals surface area contributed by atoms with E-state index in [-0.39, 0.29) is 17.9 Å². The first-order valence-corrected chi connectivity index (χ1v) is 12.7. The van der Waals surface area contributed by atoms with Gasteiger partial charge in [0, 0.05) is 44.8 Å². The largest absolute Gasteiger partial charge is 0.353 e. The number of amides is 2. The Balaban J connectivity index is 1.32. The third kappa shape index (κ3) is 5.90. The van der Waals surface area contributed by atoms with Crippen LogP contribution >= 0.6 is 0 Å². The summed E-state index contributed by atoms with van der Waals surface area (Å²) in [6, 6.07) is 7.79. The van der Waals surface area contributed by atoms with Crippen molar-refractivity contribution in [2.24, 2.45) is 5.92 Å². The van der Waals surface area contributed by atoms with Gasteiger partial charge in [-0.25, -0.2) is 0 Å². The molecular formula is C26H40N4O2. The predicted molar refractivity (Wildman–Crippen MR) is 128 cm³/mol. The number of piperidine rings is 1. The minimum absolute atomic E-state index is 0.0462. The topological polar surface area (TPSA) is 55.9 Å². The molecule has 2 amide bonds. The van der Waals surface area contributed by atoms with Crippen molar-refractivity contribution in [3.63, 3.8) is 0 Å². The average molecular weight is 441 g/mol. The maximum Gasteiger partial charge on any atom is 0.253 e. The smallest absolute Gasteiger partial charge is 0.253 e. The second-order valence-electron chi connectivity index (χ2n) is 9.88. The first kappa shape index (κ1) is 23.2. The average Bonchev–Trinajstić information content (AvgIpc) is 3.34. The number of benzene rings is 1. The highest BCUT2D eigenvalue weighted by atomic mass is 16.2. The Morgan fingerprint density at radius 2 is 1.69 bits per heavy atom. The third-order valence-electron chi connectivity index (χ3n) is 7.55. The standard InChI is InChI=1S/C26H40N4O2/c1-21-8-7-11-23(20-21)26(32)30-18-16-29(17-19-30)24(22-9-3-4-10-22)25(31)27-12-15-28-13-5-2-6-14-28/h7-8,11,20,22,24H,2-6,9-10,12-19H2,1H3,(H,27,31)/t24-/m1/s1. The van der Waals surface area contributed by atoms with Gasteiger partial charge in [0.1, 0.15) is 0 Å². The van der Waals surface area contributed by atoms with Gasteiger partial charge in [0.05, 0.1) is 6.04 Å². The van der Waals surface area contributed by atoms with Crippen molar-refractivity contribution < 1.29 is 9.59 Å². The second kappa shape index (κ2) is 11.3. The van der Waals surface area contributed by atoms with Crippen LogP contribution < -0.4 is 5.32 Å². The molecule has 6 nitrogen and oxygen atoms in total. The molecular weight excluding hydrogens is 400 g/mol. The molecule has 2 saturated heterocycles. The fourth-order valence-corrected chi connectivity index (χ4v) is 5.74. The van der Waals surface area contributed by atoms with Gasteiger partial charge in [0.15, 0.2) is 0 Å². The highest BCUT2D eigenvalue weighted by Gasteiger charge is 2.37. The number of carbonyl (C=O) groups excluding carboxylic acids is 2. The van der Waals surface area contributed by atoms with Crippen LogP contribution in [0.25, 0.3) is 0 Å². The van der Waals surface area contributed by atoms with Gasteiger partial charge in [-0.1, -0.05) is 37.0 Å². The number of nitrogens with one attached hydrogen (secondary N) is 1. The van der Waals surface area contributed by atoms with Crippen LogP contribution in [-0.2, 0) is 4.79 Å². The Labute approximate surface area is 193 Å². The summed E-state index contributed by atoms with van der Waals surface area (Å²) in [5.74, 6) is 0.758. The van der Waals surface area contributed by atoms with Gasteiger partial charge in [0.2, 0.25) is 5.91 Å². The van der Waals surface area contributed by atoms with Crippen LogP contribution in [0.2, 0.25) is 0 Å². The highest BCUT2D eigenvalue weighted by molar-refractivity contribution is 5.94. The van der Waals surface area contributed by atoms with E-state index >= 15 is 0 Å². The van der Waals surface area contributed by atoms with Crippen LogP contribution in [-0.4, -0.2) is 84.9 Å². The fraction of sp³-hybridized carbons (Fsp3) is 0.692. The molecule has 1 aliphatic carbocycles. The van der Waals surface area contributed by atoms with Crippen molar-refractivity contribution in [2.75, 3.05) is 52.4 Å². The van der Waals surface area contributed by atoms with Gasteiger partial charge in [0.25, 0.3) is 5.91 Å². The lowest BCUT2D eigenvalue weighted by molar-refractivity contribution is -0.129. The molecule has 1 aromatic rings. The van der Waals surface area contributed by atoms with E-state index < -0.39 is 0 Å². The normalized spacial score (nSPS) is 22.1. The Morgan fingerprint density at radius 3 is 2.38 bits per heavy atom. The first-order valence-electron chi connectivity index (χ1n) is 12.7. The molecule has 0 aromatic heterocycles. The molecule has 0 unspecified atom stereocenters. The van der Waals surface area contributed by atoms with E-state index in [0.717, 1.165) is 50.1 Å². The zero-order valence-electron chi connectivity index (χ0n) is 19.7. The Hall–Kier alpha value is -1.92. The quantitative estimate of drug-likeness (QED) is 0.708. The summed E-state index contributed by atoms with van der Waals surface area (Å²) in [6.45, 7) is 8.99. The molecule has 2 heterocycles. The maximum atomic E-state index is 13.3. The summed E-state index contributed by atoms with van der Waals surface area (Å²) >= 11 is 0. The number of nitrogens with zero attached hydrogens (tertiary/aromatic N) is 3. The lowest BCUT2D eigenvalue weighted by Gasteiger charge is -2.41. The van der Waals surface area contributed by atoms with Gasteiger partial charge < -0.3 is 15.1 Å². The molecule has 3 fully saturated rings. The van der Waals surface area contributed by atoms with Gasteiger partial charge in [-0.05, 0) is 63.7 Å².